The lowest BCUT2D eigenvalue weighted by atomic mass is 10.1. The van der Waals surface area contributed by atoms with Crippen molar-refractivity contribution in [2.24, 2.45) is 7.05 Å². The van der Waals surface area contributed by atoms with E-state index in [2.05, 4.69) is 21.0 Å². The summed E-state index contributed by atoms with van der Waals surface area (Å²) >= 11 is 4.65. The minimum Gasteiger partial charge on any atom is -0.294 e. The van der Waals surface area contributed by atoms with E-state index in [1.807, 2.05) is 13.0 Å². The monoisotopic (exact) mass is 340 g/mol. The van der Waals surface area contributed by atoms with Crippen molar-refractivity contribution in [3.8, 4) is 0 Å². The van der Waals surface area contributed by atoms with E-state index in [1.54, 1.807) is 24.0 Å². The minimum atomic E-state index is -0.167. The molecule has 100 valence electrons. The second-order valence-electron chi connectivity index (χ2n) is 4.14. The first-order valence-electron chi connectivity index (χ1n) is 5.85. The first-order chi connectivity index (χ1) is 9.01. The summed E-state index contributed by atoms with van der Waals surface area (Å²) in [5.41, 5.74) is 1.29. The second-order valence-corrected chi connectivity index (χ2v) is 6.61. The van der Waals surface area contributed by atoms with Crippen molar-refractivity contribution in [3.63, 3.8) is 0 Å². The molecule has 0 amide bonds. The van der Waals surface area contributed by atoms with Gasteiger partial charge < -0.3 is 0 Å². The number of Topliss-reactive ketones (excluding diaryl/α,β-unsaturated/α-hetero) is 2. The Kier molecular flexibility index (Phi) is 4.31. The minimum absolute atomic E-state index is 0.106. The van der Waals surface area contributed by atoms with Crippen molar-refractivity contribution >= 4 is 38.8 Å². The van der Waals surface area contributed by atoms with Gasteiger partial charge in [0.25, 0.3) is 0 Å². The van der Waals surface area contributed by atoms with E-state index in [-0.39, 0.29) is 18.0 Å². The number of thiophene rings is 1. The molecule has 0 aromatic carbocycles. The maximum absolute atomic E-state index is 12.1. The molecule has 0 fully saturated rings. The fourth-order valence-electron chi connectivity index (χ4n) is 1.82. The van der Waals surface area contributed by atoms with Gasteiger partial charge >= 0.3 is 0 Å². The Morgan fingerprint density at radius 2 is 2.11 bits per heavy atom. The van der Waals surface area contributed by atoms with Crippen LogP contribution in [0, 0.1) is 0 Å². The number of aryl methyl sites for hydroxylation is 2. The SMILES string of the molecule is CCc1nn(C)cc1C(=O)CC(=O)c1ccc(Br)s1. The van der Waals surface area contributed by atoms with Gasteiger partial charge in [-0.15, -0.1) is 11.3 Å². The summed E-state index contributed by atoms with van der Waals surface area (Å²) in [5, 5.41) is 4.21. The third-order valence-corrected chi connectivity index (χ3v) is 4.37. The Morgan fingerprint density at radius 1 is 1.37 bits per heavy atom. The fourth-order valence-corrected chi connectivity index (χ4v) is 3.14. The third kappa shape index (κ3) is 3.19. The van der Waals surface area contributed by atoms with Crippen LogP contribution >= 0.6 is 27.3 Å². The molecular formula is C13H13BrN2O2S. The zero-order chi connectivity index (χ0) is 14.0. The first-order valence-corrected chi connectivity index (χ1v) is 7.46. The summed E-state index contributed by atoms with van der Waals surface area (Å²) in [6.45, 7) is 1.94. The molecule has 0 bridgehead atoms. The van der Waals surface area contributed by atoms with E-state index < -0.39 is 0 Å². The maximum atomic E-state index is 12.1. The van der Waals surface area contributed by atoms with Crippen molar-refractivity contribution in [3.05, 3.63) is 38.3 Å². The Morgan fingerprint density at radius 3 is 2.68 bits per heavy atom. The summed E-state index contributed by atoms with van der Waals surface area (Å²) in [4.78, 5) is 24.7. The maximum Gasteiger partial charge on any atom is 0.180 e. The summed E-state index contributed by atoms with van der Waals surface area (Å²) in [6, 6.07) is 3.54. The summed E-state index contributed by atoms with van der Waals surface area (Å²) in [7, 11) is 1.77. The Bertz CT molecular complexity index is 630. The van der Waals surface area contributed by atoms with Gasteiger partial charge in [0.05, 0.1) is 26.3 Å². The molecule has 2 aromatic heterocycles. The van der Waals surface area contributed by atoms with Gasteiger partial charge in [-0.25, -0.2) is 0 Å². The van der Waals surface area contributed by atoms with Crippen molar-refractivity contribution in [2.45, 2.75) is 19.8 Å². The second kappa shape index (κ2) is 5.79. The topological polar surface area (TPSA) is 52.0 Å². The molecule has 2 heterocycles. The molecule has 0 aliphatic heterocycles. The van der Waals surface area contributed by atoms with E-state index >= 15 is 0 Å². The van der Waals surface area contributed by atoms with E-state index in [1.165, 1.54) is 11.3 Å². The molecule has 6 heteroatoms. The van der Waals surface area contributed by atoms with E-state index in [4.69, 9.17) is 0 Å². The molecule has 0 aliphatic carbocycles. The van der Waals surface area contributed by atoms with Crippen LogP contribution in [0.3, 0.4) is 0 Å². The Balaban J connectivity index is 2.14. The number of hydrogen-bond acceptors (Lipinski definition) is 4. The first kappa shape index (κ1) is 14.1. The van der Waals surface area contributed by atoms with Crippen LogP contribution in [-0.4, -0.2) is 21.3 Å². The van der Waals surface area contributed by atoms with Crippen LogP contribution in [0.25, 0.3) is 0 Å². The number of ketones is 2. The Labute approximate surface area is 123 Å². The van der Waals surface area contributed by atoms with Crippen molar-refractivity contribution < 1.29 is 9.59 Å². The number of aromatic nitrogens is 2. The fraction of sp³-hybridized carbons (Fsp3) is 0.308. The molecule has 2 rings (SSSR count). The zero-order valence-electron chi connectivity index (χ0n) is 10.6. The molecule has 0 atom stereocenters. The molecule has 4 nitrogen and oxygen atoms in total. The smallest absolute Gasteiger partial charge is 0.180 e. The molecule has 0 radical (unpaired) electrons. The van der Waals surface area contributed by atoms with Crippen molar-refractivity contribution in [1.29, 1.82) is 0 Å². The Hall–Kier alpha value is -1.27. The molecule has 0 unspecified atom stereocenters. The van der Waals surface area contributed by atoms with Gasteiger partial charge in [-0.2, -0.15) is 5.10 Å². The van der Waals surface area contributed by atoms with Crippen molar-refractivity contribution in [1.82, 2.24) is 9.78 Å². The highest BCUT2D eigenvalue weighted by atomic mass is 79.9. The highest BCUT2D eigenvalue weighted by Gasteiger charge is 2.19. The highest BCUT2D eigenvalue weighted by molar-refractivity contribution is 9.11. The van der Waals surface area contributed by atoms with Crippen LogP contribution in [0.1, 0.15) is 39.1 Å². The molecule has 0 saturated heterocycles. The lowest BCUT2D eigenvalue weighted by Gasteiger charge is -1.98. The van der Waals surface area contributed by atoms with Crippen LogP contribution in [0.15, 0.2) is 22.1 Å². The zero-order valence-corrected chi connectivity index (χ0v) is 13.0. The largest absolute Gasteiger partial charge is 0.294 e. The van der Waals surface area contributed by atoms with Crippen LogP contribution in [-0.2, 0) is 13.5 Å². The van der Waals surface area contributed by atoms with Gasteiger partial charge in [0.2, 0.25) is 0 Å². The number of nitrogens with zero attached hydrogens (tertiary/aromatic N) is 2. The molecule has 2 aromatic rings. The van der Waals surface area contributed by atoms with E-state index in [0.717, 1.165) is 9.48 Å². The van der Waals surface area contributed by atoms with E-state index in [9.17, 15) is 9.59 Å². The van der Waals surface area contributed by atoms with Crippen molar-refractivity contribution in [2.75, 3.05) is 0 Å². The number of hydrogen-bond donors (Lipinski definition) is 0. The molecule has 19 heavy (non-hydrogen) atoms. The standard InChI is InChI=1S/C13H13BrN2O2S/c1-3-9-8(7-16(2)15-9)10(17)6-11(18)12-4-5-13(14)19-12/h4-5,7H,3,6H2,1-2H3. The summed E-state index contributed by atoms with van der Waals surface area (Å²) in [5.74, 6) is -0.314. The van der Waals surface area contributed by atoms with Crippen LogP contribution in [0.4, 0.5) is 0 Å². The van der Waals surface area contributed by atoms with Gasteiger partial charge in [0.1, 0.15) is 0 Å². The predicted octanol–water partition coefficient (Wildman–Crippen LogP) is 3.26. The number of carbonyl (C=O) groups excluding carboxylic acids is 2. The van der Waals surface area contributed by atoms with Gasteiger partial charge in [0.15, 0.2) is 11.6 Å². The van der Waals surface area contributed by atoms with Gasteiger partial charge in [-0.1, -0.05) is 6.92 Å². The quantitative estimate of drug-likeness (QED) is 0.620. The van der Waals surface area contributed by atoms with E-state index in [0.29, 0.717) is 16.9 Å². The number of carbonyl (C=O) groups is 2. The summed E-state index contributed by atoms with van der Waals surface area (Å²) < 4.78 is 2.50. The highest BCUT2D eigenvalue weighted by Crippen LogP contribution is 2.24. The average molecular weight is 341 g/mol. The average Bonchev–Trinajstić information content (AvgIpc) is 2.95. The van der Waals surface area contributed by atoms with Gasteiger partial charge in [0, 0.05) is 13.2 Å². The molecule has 0 saturated carbocycles. The lowest BCUT2D eigenvalue weighted by molar-refractivity contribution is 0.0896. The molecular weight excluding hydrogens is 328 g/mol. The number of rotatable bonds is 5. The predicted molar refractivity (Wildman–Crippen MR) is 77.9 cm³/mol. The van der Waals surface area contributed by atoms with Crippen LogP contribution in [0.5, 0.6) is 0 Å². The van der Waals surface area contributed by atoms with Gasteiger partial charge in [-0.3, -0.25) is 14.3 Å². The third-order valence-electron chi connectivity index (χ3n) is 2.71. The normalized spacial score (nSPS) is 10.7. The van der Waals surface area contributed by atoms with Crippen LogP contribution < -0.4 is 0 Å². The molecule has 0 spiro atoms. The van der Waals surface area contributed by atoms with Crippen LogP contribution in [0.2, 0.25) is 0 Å². The van der Waals surface area contributed by atoms with Gasteiger partial charge in [-0.05, 0) is 34.5 Å². The lowest BCUT2D eigenvalue weighted by Crippen LogP contribution is -2.08. The number of halogens is 1. The summed E-state index contributed by atoms with van der Waals surface area (Å²) in [6.07, 6.45) is 2.26. The molecule has 0 aliphatic rings. The molecule has 0 N–H and O–H groups in total.